The maximum absolute atomic E-state index is 12.6. The molecule has 0 aliphatic heterocycles. The van der Waals surface area contributed by atoms with Gasteiger partial charge in [-0.1, -0.05) is 13.8 Å². The highest BCUT2D eigenvalue weighted by Crippen LogP contribution is 2.39. The zero-order valence-electron chi connectivity index (χ0n) is 20.6. The van der Waals surface area contributed by atoms with E-state index in [1.807, 2.05) is 12.3 Å². The summed E-state index contributed by atoms with van der Waals surface area (Å²) in [5, 5.41) is 7.32. The number of fused-ring (bicyclic) bond motifs is 2. The van der Waals surface area contributed by atoms with Gasteiger partial charge < -0.3 is 15.0 Å². The molecule has 0 radical (unpaired) electrons. The van der Waals surface area contributed by atoms with Crippen LogP contribution in [0, 0.1) is 6.92 Å². The molecule has 5 rings (SSSR count). The smallest absolute Gasteiger partial charge is 0.250 e. The number of hydrogen-bond acceptors (Lipinski definition) is 5. The molecule has 1 aliphatic rings. The number of pyridine rings is 2. The molecule has 4 aromatic heterocycles. The van der Waals surface area contributed by atoms with Gasteiger partial charge in [-0.3, -0.25) is 4.98 Å². The summed E-state index contributed by atoms with van der Waals surface area (Å²) in [6.45, 7) is 6.24. The molecule has 1 saturated carbocycles. The van der Waals surface area contributed by atoms with E-state index in [1.165, 1.54) is 6.33 Å². The first-order chi connectivity index (χ1) is 16.9. The Morgan fingerprint density at radius 1 is 1.20 bits per heavy atom. The van der Waals surface area contributed by atoms with Crippen molar-refractivity contribution in [3.05, 3.63) is 41.5 Å². The molecule has 0 amide bonds. The number of aromatic nitrogens is 5. The summed E-state index contributed by atoms with van der Waals surface area (Å²) in [5.41, 5.74) is 8.10. The van der Waals surface area contributed by atoms with Gasteiger partial charge in [-0.2, -0.15) is 5.10 Å². The van der Waals surface area contributed by atoms with Crippen LogP contribution in [0.4, 0.5) is 8.78 Å². The second kappa shape index (κ2) is 9.53. The molecular formula is C26H32F2N6O. The van der Waals surface area contributed by atoms with Crippen LogP contribution >= 0.6 is 0 Å². The van der Waals surface area contributed by atoms with Crippen LogP contribution in [-0.4, -0.2) is 50.7 Å². The maximum Gasteiger partial charge on any atom is 0.250 e. The fraction of sp³-hybridized carbons (Fsp3) is 0.500. The molecule has 0 bridgehead atoms. The van der Waals surface area contributed by atoms with E-state index in [-0.39, 0.29) is 18.5 Å². The number of hydrogen-bond donors (Lipinski definition) is 2. The molecule has 0 aromatic carbocycles. The van der Waals surface area contributed by atoms with E-state index in [0.717, 1.165) is 64.8 Å². The number of halogens is 2. The van der Waals surface area contributed by atoms with Crippen LogP contribution in [0.2, 0.25) is 0 Å². The van der Waals surface area contributed by atoms with Gasteiger partial charge in [0.15, 0.2) is 11.4 Å². The molecular weight excluding hydrogens is 450 g/mol. The third-order valence-corrected chi connectivity index (χ3v) is 7.14. The summed E-state index contributed by atoms with van der Waals surface area (Å²) < 4.78 is 32.5. The molecule has 0 saturated heterocycles. The Labute approximate surface area is 203 Å². The number of nitrogens with one attached hydrogen (secondary N) is 2. The minimum absolute atomic E-state index is 0.163. The van der Waals surface area contributed by atoms with Gasteiger partial charge in [0.2, 0.25) is 0 Å². The summed E-state index contributed by atoms with van der Waals surface area (Å²) in [6, 6.07) is 4.35. The highest BCUT2D eigenvalue weighted by atomic mass is 19.3. The van der Waals surface area contributed by atoms with Crippen LogP contribution in [0.5, 0.6) is 5.75 Å². The van der Waals surface area contributed by atoms with Gasteiger partial charge in [-0.05, 0) is 56.2 Å². The van der Waals surface area contributed by atoms with Gasteiger partial charge in [0, 0.05) is 35.0 Å². The number of methoxy groups -OCH3 is 1. The van der Waals surface area contributed by atoms with Crippen molar-refractivity contribution in [2.45, 2.75) is 70.8 Å². The Balaban J connectivity index is 1.52. The lowest BCUT2D eigenvalue weighted by atomic mass is 9.82. The van der Waals surface area contributed by atoms with Crippen molar-refractivity contribution in [1.29, 1.82) is 0 Å². The van der Waals surface area contributed by atoms with Gasteiger partial charge in [0.25, 0.3) is 6.43 Å². The van der Waals surface area contributed by atoms with Gasteiger partial charge in [-0.25, -0.2) is 18.3 Å². The zero-order chi connectivity index (χ0) is 24.7. The number of nitrogens with zero attached hydrogens (tertiary/aromatic N) is 4. The predicted octanol–water partition coefficient (Wildman–Crippen LogP) is 5.59. The third-order valence-electron chi connectivity index (χ3n) is 7.14. The normalized spacial score (nSPS) is 18.9. The molecule has 4 aromatic rings. The van der Waals surface area contributed by atoms with Crippen LogP contribution in [0.25, 0.3) is 27.9 Å². The largest absolute Gasteiger partial charge is 0.493 e. The number of alkyl halides is 2. The van der Waals surface area contributed by atoms with E-state index >= 15 is 0 Å². The Morgan fingerprint density at radius 3 is 2.66 bits per heavy atom. The predicted molar refractivity (Wildman–Crippen MR) is 132 cm³/mol. The molecule has 186 valence electrons. The molecule has 4 heterocycles. The highest BCUT2D eigenvalue weighted by Gasteiger charge is 2.27. The van der Waals surface area contributed by atoms with Gasteiger partial charge in [0.1, 0.15) is 6.33 Å². The second-order valence-electron chi connectivity index (χ2n) is 9.83. The Bertz CT molecular complexity index is 1340. The monoisotopic (exact) mass is 482 g/mol. The molecule has 0 spiro atoms. The third kappa shape index (κ3) is 4.49. The van der Waals surface area contributed by atoms with Crippen LogP contribution in [0.1, 0.15) is 68.2 Å². The van der Waals surface area contributed by atoms with Crippen molar-refractivity contribution in [3.8, 4) is 17.0 Å². The van der Waals surface area contributed by atoms with Crippen molar-refractivity contribution in [2.75, 3.05) is 13.7 Å². The number of rotatable bonds is 7. The summed E-state index contributed by atoms with van der Waals surface area (Å²) in [6.07, 6.45) is 4.87. The van der Waals surface area contributed by atoms with Crippen molar-refractivity contribution in [1.82, 2.24) is 29.9 Å². The molecule has 7 nitrogen and oxygen atoms in total. The summed E-state index contributed by atoms with van der Waals surface area (Å²) >= 11 is 0. The van der Waals surface area contributed by atoms with E-state index in [0.29, 0.717) is 17.3 Å². The fourth-order valence-electron chi connectivity index (χ4n) is 5.46. The lowest BCUT2D eigenvalue weighted by Crippen LogP contribution is -2.35. The van der Waals surface area contributed by atoms with Crippen molar-refractivity contribution in [2.24, 2.45) is 0 Å². The molecule has 2 N–H and O–H groups in total. The van der Waals surface area contributed by atoms with E-state index < -0.39 is 6.43 Å². The van der Waals surface area contributed by atoms with Crippen LogP contribution < -0.4 is 10.1 Å². The van der Waals surface area contributed by atoms with Crippen molar-refractivity contribution < 1.29 is 13.5 Å². The van der Waals surface area contributed by atoms with Gasteiger partial charge in [-0.15, -0.1) is 0 Å². The fourth-order valence-corrected chi connectivity index (χ4v) is 5.46. The topological polar surface area (TPSA) is 80.1 Å². The molecule has 0 unspecified atom stereocenters. The van der Waals surface area contributed by atoms with Crippen LogP contribution in [-0.2, 0) is 0 Å². The van der Waals surface area contributed by atoms with E-state index in [1.54, 1.807) is 11.6 Å². The Hall–Kier alpha value is -3.07. The van der Waals surface area contributed by atoms with Crippen molar-refractivity contribution >= 4 is 16.7 Å². The molecule has 35 heavy (non-hydrogen) atoms. The van der Waals surface area contributed by atoms with Gasteiger partial charge in [0.05, 0.1) is 30.4 Å². The van der Waals surface area contributed by atoms with E-state index in [9.17, 15) is 8.78 Å². The summed E-state index contributed by atoms with van der Waals surface area (Å²) in [7, 11) is 1.64. The number of H-pyrrole nitrogens is 1. The van der Waals surface area contributed by atoms with E-state index in [4.69, 9.17) is 9.72 Å². The summed E-state index contributed by atoms with van der Waals surface area (Å²) in [4.78, 5) is 13.1. The Kier molecular flexibility index (Phi) is 6.44. The zero-order valence-corrected chi connectivity index (χ0v) is 20.6. The molecule has 0 atom stereocenters. The lowest BCUT2D eigenvalue weighted by molar-refractivity contribution is 0.137. The number of aryl methyl sites for hydroxylation is 1. The first-order valence-electron chi connectivity index (χ1n) is 12.3. The van der Waals surface area contributed by atoms with Gasteiger partial charge >= 0.3 is 0 Å². The average molecular weight is 483 g/mol. The average Bonchev–Trinajstić information content (AvgIpc) is 3.46. The SMILES string of the molecule is COc1cc(-c2[nH]c3cc(C)c(C4CCC(NCC(F)F)CC4)nc3c2C(C)C)cn2ncnc12. The van der Waals surface area contributed by atoms with E-state index in [2.05, 4.69) is 47.2 Å². The van der Waals surface area contributed by atoms with Crippen LogP contribution in [0.15, 0.2) is 24.7 Å². The minimum atomic E-state index is -2.30. The molecule has 1 aliphatic carbocycles. The number of ether oxygens (including phenoxy) is 1. The molecule has 1 fully saturated rings. The Morgan fingerprint density at radius 2 is 1.97 bits per heavy atom. The quantitative estimate of drug-likeness (QED) is 0.359. The standard InChI is InChI=1S/C26H32F2N6O/c1-14(2)22-24(17-10-20(35-4)26-30-13-31-34(26)12-17)32-19-9-15(3)23(33-25(19)22)16-5-7-18(8-6-16)29-11-21(27)28/h9-10,12-14,16,18,21,29,32H,5-8,11H2,1-4H3. The molecule has 9 heteroatoms. The highest BCUT2D eigenvalue weighted by molar-refractivity contribution is 5.89. The number of aromatic amines is 1. The second-order valence-corrected chi connectivity index (χ2v) is 9.83. The lowest BCUT2D eigenvalue weighted by Gasteiger charge is -2.29. The summed E-state index contributed by atoms with van der Waals surface area (Å²) in [5.74, 6) is 1.25. The van der Waals surface area contributed by atoms with Crippen LogP contribution in [0.3, 0.4) is 0 Å². The first-order valence-corrected chi connectivity index (χ1v) is 12.3. The maximum atomic E-state index is 12.6. The minimum Gasteiger partial charge on any atom is -0.493 e. The first kappa shape index (κ1) is 23.7. The van der Waals surface area contributed by atoms with Crippen molar-refractivity contribution in [3.63, 3.8) is 0 Å².